The number of rotatable bonds is 0. The van der Waals surface area contributed by atoms with Gasteiger partial charge in [0.25, 0.3) is 0 Å². The van der Waals surface area contributed by atoms with Crippen LogP contribution < -0.4 is 0 Å². The largest absolute Gasteiger partial charge is 0.359 e. The van der Waals surface area contributed by atoms with Crippen molar-refractivity contribution in [2.45, 2.75) is 6.10 Å². The van der Waals surface area contributed by atoms with Crippen molar-refractivity contribution in [3.05, 3.63) is 0 Å². The summed E-state index contributed by atoms with van der Waals surface area (Å²) in [5.74, 6) is 27.3. The highest BCUT2D eigenvalue weighted by molar-refractivity contribution is 5.43. The minimum Gasteiger partial charge on any atom is -0.359 e. The Morgan fingerprint density at radius 2 is 1.27 bits per heavy atom. The van der Waals surface area contributed by atoms with E-state index in [1.165, 1.54) is 0 Å². The third-order valence-electron chi connectivity index (χ3n) is 1.14. The molecule has 1 aliphatic rings. The van der Waals surface area contributed by atoms with Crippen molar-refractivity contribution in [3.8, 4) is 71.5 Å². The normalized spacial score (nSPS) is 13.4. The van der Waals surface area contributed by atoms with Crippen LogP contribution in [-0.4, -0.2) is 12.7 Å². The molecule has 1 heterocycles. The fourth-order valence-corrected chi connectivity index (χ4v) is 0.503. The summed E-state index contributed by atoms with van der Waals surface area (Å²) in [4.78, 5) is 0. The molecule has 1 rings (SSSR count). The van der Waals surface area contributed by atoms with Gasteiger partial charge in [-0.2, -0.15) is 0 Å². The maximum Gasteiger partial charge on any atom is 0.142 e. The van der Waals surface area contributed by atoms with Crippen molar-refractivity contribution in [2.24, 2.45) is 0 Å². The average molecular weight is 188 g/mol. The Morgan fingerprint density at radius 3 is 1.73 bits per heavy atom. The van der Waals surface area contributed by atoms with Gasteiger partial charge in [0.1, 0.15) is 6.10 Å². The van der Waals surface area contributed by atoms with E-state index in [1.807, 2.05) is 0 Å². The molecular formula is C14H4O. The van der Waals surface area contributed by atoms with E-state index in [4.69, 9.17) is 11.2 Å². The third kappa shape index (κ3) is 6.48. The van der Waals surface area contributed by atoms with E-state index in [0.717, 1.165) is 0 Å². The predicted molar refractivity (Wildman–Crippen MR) is 57.5 cm³/mol. The monoisotopic (exact) mass is 188 g/mol. The molecule has 0 bridgehead atoms. The molecule has 0 N–H and O–H groups in total. The molecule has 0 radical (unpaired) electrons. The van der Waals surface area contributed by atoms with Crippen LogP contribution in [0, 0.1) is 71.5 Å². The molecule has 0 aromatic heterocycles. The lowest BCUT2D eigenvalue weighted by Crippen LogP contribution is -1.71. The van der Waals surface area contributed by atoms with Crippen molar-refractivity contribution in [2.75, 3.05) is 6.61 Å². The summed E-state index contributed by atoms with van der Waals surface area (Å²) in [6.07, 6.45) is 4.95. The Balaban J connectivity index is 2.35. The second-order valence-electron chi connectivity index (χ2n) is 2.24. The Kier molecular flexibility index (Phi) is 4.71. The van der Waals surface area contributed by atoms with Crippen LogP contribution in [0.1, 0.15) is 0 Å². The lowest BCUT2D eigenvalue weighted by atomic mass is 10.4. The molecule has 0 spiro atoms. The van der Waals surface area contributed by atoms with Crippen LogP contribution >= 0.6 is 0 Å². The van der Waals surface area contributed by atoms with E-state index in [2.05, 4.69) is 65.1 Å². The predicted octanol–water partition coefficient (Wildman–Crippen LogP) is 0.0354. The Labute approximate surface area is 89.6 Å². The zero-order chi connectivity index (χ0) is 10.8. The van der Waals surface area contributed by atoms with Crippen molar-refractivity contribution in [1.29, 1.82) is 0 Å². The van der Waals surface area contributed by atoms with Crippen molar-refractivity contribution < 1.29 is 4.74 Å². The molecule has 0 aromatic rings. The molecule has 1 aliphatic heterocycles. The molecule has 1 saturated heterocycles. The quantitative estimate of drug-likeness (QED) is 0.386. The molecule has 1 nitrogen and oxygen atoms in total. The maximum atomic E-state index is 4.88. The highest BCUT2D eigenvalue weighted by Crippen LogP contribution is 2.04. The van der Waals surface area contributed by atoms with Crippen LogP contribution in [0.15, 0.2) is 0 Å². The first-order valence-corrected chi connectivity index (χ1v) is 4.01. The van der Waals surface area contributed by atoms with Crippen LogP contribution in [0.25, 0.3) is 0 Å². The lowest BCUT2D eigenvalue weighted by Gasteiger charge is -1.61. The van der Waals surface area contributed by atoms with E-state index in [0.29, 0.717) is 6.61 Å². The van der Waals surface area contributed by atoms with E-state index in [1.54, 1.807) is 0 Å². The number of hydrogen-bond acceptors (Lipinski definition) is 1. The second kappa shape index (κ2) is 6.80. The van der Waals surface area contributed by atoms with Gasteiger partial charge in [0.2, 0.25) is 0 Å². The van der Waals surface area contributed by atoms with E-state index < -0.39 is 0 Å². The third-order valence-corrected chi connectivity index (χ3v) is 1.14. The van der Waals surface area contributed by atoms with Crippen LogP contribution in [0.4, 0.5) is 0 Å². The molecule has 1 fully saturated rings. The van der Waals surface area contributed by atoms with Crippen LogP contribution in [0.2, 0.25) is 0 Å². The first-order valence-electron chi connectivity index (χ1n) is 4.01. The Hall–Kier alpha value is -2.68. The van der Waals surface area contributed by atoms with Gasteiger partial charge in [-0.25, -0.2) is 0 Å². The summed E-state index contributed by atoms with van der Waals surface area (Å²) in [7, 11) is 0. The summed E-state index contributed by atoms with van der Waals surface area (Å²) in [6, 6.07) is 0. The molecular weight excluding hydrogens is 184 g/mol. The molecule has 1 heteroatoms. The standard InChI is InChI=1S/C14H4O/c1-2-3-4-5-6-7-8-9-10-11-12-14-13-15-14/h1,14H,13H2. The summed E-state index contributed by atoms with van der Waals surface area (Å²) in [6.45, 7) is 0.708. The summed E-state index contributed by atoms with van der Waals surface area (Å²) >= 11 is 0. The highest BCUT2D eigenvalue weighted by Gasteiger charge is 2.18. The average Bonchev–Trinajstić information content (AvgIpc) is 3.05. The number of terminal acetylenes is 1. The lowest BCUT2D eigenvalue weighted by molar-refractivity contribution is 0.445. The summed E-state index contributed by atoms with van der Waals surface area (Å²) in [5.41, 5.74) is 0. The van der Waals surface area contributed by atoms with Gasteiger partial charge >= 0.3 is 0 Å². The Morgan fingerprint density at radius 1 is 0.800 bits per heavy atom. The molecule has 0 aliphatic carbocycles. The van der Waals surface area contributed by atoms with Gasteiger partial charge in [-0.05, 0) is 59.2 Å². The van der Waals surface area contributed by atoms with Gasteiger partial charge in [0.05, 0.1) is 6.61 Å². The van der Waals surface area contributed by atoms with Gasteiger partial charge < -0.3 is 4.74 Å². The molecule has 66 valence electrons. The number of epoxide rings is 1. The summed E-state index contributed by atoms with van der Waals surface area (Å²) in [5, 5.41) is 0. The van der Waals surface area contributed by atoms with Crippen LogP contribution in [0.5, 0.6) is 0 Å². The van der Waals surface area contributed by atoms with E-state index in [-0.39, 0.29) is 6.10 Å². The molecule has 0 aromatic carbocycles. The second-order valence-corrected chi connectivity index (χ2v) is 2.24. The van der Waals surface area contributed by atoms with E-state index >= 15 is 0 Å². The topological polar surface area (TPSA) is 12.5 Å². The number of hydrogen-bond donors (Lipinski definition) is 0. The fraction of sp³-hybridized carbons (Fsp3) is 0.143. The first-order chi connectivity index (χ1) is 7.43. The van der Waals surface area contributed by atoms with Crippen molar-refractivity contribution in [3.63, 3.8) is 0 Å². The zero-order valence-corrected chi connectivity index (χ0v) is 7.77. The first kappa shape index (κ1) is 10.4. The maximum absolute atomic E-state index is 4.88. The van der Waals surface area contributed by atoms with Gasteiger partial charge in [0.15, 0.2) is 0 Å². The van der Waals surface area contributed by atoms with Crippen molar-refractivity contribution >= 4 is 0 Å². The number of ether oxygens (including phenoxy) is 1. The molecule has 1 atom stereocenters. The van der Waals surface area contributed by atoms with Crippen LogP contribution in [-0.2, 0) is 4.74 Å². The zero-order valence-electron chi connectivity index (χ0n) is 7.77. The Bertz CT molecular complexity index is 571. The van der Waals surface area contributed by atoms with Crippen LogP contribution in [0.3, 0.4) is 0 Å². The summed E-state index contributed by atoms with van der Waals surface area (Å²) < 4.78 is 4.86. The van der Waals surface area contributed by atoms with E-state index in [9.17, 15) is 0 Å². The molecule has 0 saturated carbocycles. The van der Waals surface area contributed by atoms with Gasteiger partial charge in [0, 0.05) is 0 Å². The fourth-order valence-electron chi connectivity index (χ4n) is 0.503. The van der Waals surface area contributed by atoms with Gasteiger partial charge in [-0.3, -0.25) is 0 Å². The minimum absolute atomic E-state index is 0.0751. The van der Waals surface area contributed by atoms with Gasteiger partial charge in [-0.1, -0.05) is 5.92 Å². The molecule has 0 amide bonds. The van der Waals surface area contributed by atoms with Crippen molar-refractivity contribution in [1.82, 2.24) is 0 Å². The molecule has 15 heavy (non-hydrogen) atoms. The minimum atomic E-state index is 0.0751. The SMILES string of the molecule is C#CC#CC#CC#CC#CC#CC1CO1. The van der Waals surface area contributed by atoms with Gasteiger partial charge in [-0.15, -0.1) is 6.42 Å². The smallest absolute Gasteiger partial charge is 0.142 e. The molecule has 1 unspecified atom stereocenters. The highest BCUT2D eigenvalue weighted by atomic mass is 16.6.